The smallest absolute Gasteiger partial charge is 0.348 e. The average Bonchev–Trinajstić information content (AvgIpc) is 2.55. The first-order valence-corrected chi connectivity index (χ1v) is 6.24. The number of thiophene rings is 1. The Morgan fingerprint density at radius 2 is 2.44 bits per heavy atom. The van der Waals surface area contributed by atoms with Gasteiger partial charge >= 0.3 is 5.97 Å². The fourth-order valence-corrected chi connectivity index (χ4v) is 2.55. The van der Waals surface area contributed by atoms with Gasteiger partial charge in [-0.2, -0.15) is 5.26 Å². The Labute approximate surface area is 106 Å². The maximum Gasteiger partial charge on any atom is 0.348 e. The van der Waals surface area contributed by atoms with Gasteiger partial charge in [0, 0.05) is 14.2 Å². The van der Waals surface area contributed by atoms with Crippen molar-refractivity contribution in [2.45, 2.75) is 13.8 Å². The Kier molecular flexibility index (Phi) is 4.71. The summed E-state index contributed by atoms with van der Waals surface area (Å²) in [6, 6.07) is 3.71. The summed E-state index contributed by atoms with van der Waals surface area (Å²) in [6.45, 7) is 3.94. The zero-order valence-electron chi connectivity index (χ0n) is 8.91. The monoisotopic (exact) mass is 299 g/mol. The van der Waals surface area contributed by atoms with E-state index in [0.29, 0.717) is 0 Å². The van der Waals surface area contributed by atoms with E-state index in [0.717, 1.165) is 14.2 Å². The standard InChI is InChI=1S/C11H10BrNO2S/c1-3-15-11(14)8(6-13)4-9-5-10(12)7(2)16-9/h4-5H,3H2,1-2H3. The van der Waals surface area contributed by atoms with E-state index in [4.69, 9.17) is 10.00 Å². The molecular weight excluding hydrogens is 290 g/mol. The molecule has 0 spiro atoms. The number of nitriles is 1. The van der Waals surface area contributed by atoms with Gasteiger partial charge in [0.2, 0.25) is 0 Å². The summed E-state index contributed by atoms with van der Waals surface area (Å²) in [4.78, 5) is 13.3. The molecule has 1 aromatic heterocycles. The molecule has 0 unspecified atom stereocenters. The van der Waals surface area contributed by atoms with Crippen LogP contribution in [0, 0.1) is 18.3 Å². The fourth-order valence-electron chi connectivity index (χ4n) is 1.04. The Morgan fingerprint density at radius 3 is 2.88 bits per heavy atom. The van der Waals surface area contributed by atoms with Crippen molar-refractivity contribution in [1.29, 1.82) is 5.26 Å². The highest BCUT2D eigenvalue weighted by Gasteiger charge is 2.10. The van der Waals surface area contributed by atoms with Gasteiger partial charge in [0.1, 0.15) is 11.6 Å². The second-order valence-corrected chi connectivity index (χ2v) is 5.09. The first-order valence-electron chi connectivity index (χ1n) is 4.63. The average molecular weight is 300 g/mol. The summed E-state index contributed by atoms with van der Waals surface area (Å²) in [5.41, 5.74) is 0.0237. The van der Waals surface area contributed by atoms with Crippen LogP contribution in [0.4, 0.5) is 0 Å². The van der Waals surface area contributed by atoms with Crippen LogP contribution in [0.1, 0.15) is 16.7 Å². The van der Waals surface area contributed by atoms with Crippen molar-refractivity contribution < 1.29 is 9.53 Å². The van der Waals surface area contributed by atoms with Gasteiger partial charge in [-0.1, -0.05) is 0 Å². The van der Waals surface area contributed by atoms with Gasteiger partial charge in [-0.25, -0.2) is 4.79 Å². The minimum absolute atomic E-state index is 0.0237. The molecule has 0 bridgehead atoms. The van der Waals surface area contributed by atoms with Crippen molar-refractivity contribution in [3.05, 3.63) is 25.9 Å². The third-order valence-electron chi connectivity index (χ3n) is 1.78. The highest BCUT2D eigenvalue weighted by atomic mass is 79.9. The van der Waals surface area contributed by atoms with Crippen molar-refractivity contribution in [2.24, 2.45) is 0 Å². The van der Waals surface area contributed by atoms with E-state index in [2.05, 4.69) is 15.9 Å². The van der Waals surface area contributed by atoms with E-state index in [1.807, 2.05) is 19.1 Å². The maximum atomic E-state index is 11.4. The minimum atomic E-state index is -0.577. The second-order valence-electron chi connectivity index (χ2n) is 2.94. The van der Waals surface area contributed by atoms with E-state index < -0.39 is 5.97 Å². The predicted molar refractivity (Wildman–Crippen MR) is 67.0 cm³/mol. The molecule has 0 saturated heterocycles. The van der Waals surface area contributed by atoms with Gasteiger partial charge in [0.05, 0.1) is 6.61 Å². The Balaban J connectivity index is 2.97. The number of hydrogen-bond donors (Lipinski definition) is 0. The van der Waals surface area contributed by atoms with E-state index >= 15 is 0 Å². The molecule has 0 amide bonds. The number of carbonyl (C=O) groups is 1. The Bertz CT molecular complexity index is 451. The molecule has 0 aliphatic heterocycles. The van der Waals surface area contributed by atoms with E-state index in [1.54, 1.807) is 13.0 Å². The molecule has 84 valence electrons. The molecule has 0 aromatic carbocycles. The lowest BCUT2D eigenvalue weighted by molar-refractivity contribution is -0.137. The number of nitrogens with zero attached hydrogens (tertiary/aromatic N) is 1. The first-order chi connectivity index (χ1) is 7.58. The van der Waals surface area contributed by atoms with Crippen molar-refractivity contribution in [1.82, 2.24) is 0 Å². The van der Waals surface area contributed by atoms with Gasteiger partial charge in [0.15, 0.2) is 0 Å². The van der Waals surface area contributed by atoms with Crippen LogP contribution >= 0.6 is 27.3 Å². The zero-order valence-corrected chi connectivity index (χ0v) is 11.3. The molecule has 0 saturated carbocycles. The molecule has 0 aliphatic carbocycles. The molecule has 3 nitrogen and oxygen atoms in total. The van der Waals surface area contributed by atoms with Gasteiger partial charge in [-0.3, -0.25) is 0 Å². The maximum absolute atomic E-state index is 11.4. The summed E-state index contributed by atoms with van der Waals surface area (Å²) >= 11 is 4.89. The predicted octanol–water partition coefficient (Wildman–Crippen LogP) is 3.29. The molecule has 16 heavy (non-hydrogen) atoms. The highest BCUT2D eigenvalue weighted by molar-refractivity contribution is 9.10. The van der Waals surface area contributed by atoms with Gasteiger partial charge in [0.25, 0.3) is 0 Å². The molecule has 0 atom stereocenters. The fraction of sp³-hybridized carbons (Fsp3) is 0.273. The molecular formula is C11H10BrNO2S. The third-order valence-corrected chi connectivity index (χ3v) is 3.86. The van der Waals surface area contributed by atoms with Crippen LogP contribution in [-0.2, 0) is 9.53 Å². The summed E-state index contributed by atoms with van der Waals surface area (Å²) in [5, 5.41) is 8.83. The number of halogens is 1. The Hall–Kier alpha value is -1.12. The first kappa shape index (κ1) is 12.9. The van der Waals surface area contributed by atoms with Crippen LogP contribution in [0.5, 0.6) is 0 Å². The van der Waals surface area contributed by atoms with Crippen molar-refractivity contribution in [3.8, 4) is 6.07 Å². The summed E-state index contributed by atoms with van der Waals surface area (Å²) in [7, 11) is 0. The Morgan fingerprint density at radius 1 is 1.75 bits per heavy atom. The number of rotatable bonds is 3. The van der Waals surface area contributed by atoms with E-state index in [-0.39, 0.29) is 12.2 Å². The molecule has 0 aliphatic rings. The lowest BCUT2D eigenvalue weighted by Gasteiger charge is -1.97. The topological polar surface area (TPSA) is 50.1 Å². The lowest BCUT2D eigenvalue weighted by atomic mass is 10.2. The zero-order chi connectivity index (χ0) is 12.1. The van der Waals surface area contributed by atoms with Crippen LogP contribution in [0.3, 0.4) is 0 Å². The number of carbonyl (C=O) groups excluding carboxylic acids is 1. The van der Waals surface area contributed by atoms with Crippen molar-refractivity contribution in [2.75, 3.05) is 6.61 Å². The van der Waals surface area contributed by atoms with Crippen LogP contribution in [0.2, 0.25) is 0 Å². The molecule has 0 fully saturated rings. The molecule has 1 heterocycles. The van der Waals surface area contributed by atoms with E-state index in [1.165, 1.54) is 11.3 Å². The normalized spacial score (nSPS) is 11.0. The van der Waals surface area contributed by atoms with Crippen LogP contribution < -0.4 is 0 Å². The third kappa shape index (κ3) is 3.19. The second kappa shape index (κ2) is 5.83. The number of aryl methyl sites for hydroxylation is 1. The minimum Gasteiger partial charge on any atom is -0.462 e. The van der Waals surface area contributed by atoms with Crippen LogP contribution in [0.25, 0.3) is 6.08 Å². The molecule has 0 radical (unpaired) electrons. The van der Waals surface area contributed by atoms with Gasteiger partial charge in [-0.05, 0) is 41.9 Å². The van der Waals surface area contributed by atoms with Crippen LogP contribution in [-0.4, -0.2) is 12.6 Å². The molecule has 1 rings (SSSR count). The quantitative estimate of drug-likeness (QED) is 0.489. The number of hydrogen-bond acceptors (Lipinski definition) is 4. The number of ether oxygens (including phenoxy) is 1. The van der Waals surface area contributed by atoms with Crippen molar-refractivity contribution in [3.63, 3.8) is 0 Å². The number of esters is 1. The summed E-state index contributed by atoms with van der Waals surface area (Å²) < 4.78 is 5.74. The summed E-state index contributed by atoms with van der Waals surface area (Å²) in [6.07, 6.45) is 1.54. The molecule has 1 aromatic rings. The highest BCUT2D eigenvalue weighted by Crippen LogP contribution is 2.27. The molecule has 0 N–H and O–H groups in total. The lowest BCUT2D eigenvalue weighted by Crippen LogP contribution is -2.05. The van der Waals surface area contributed by atoms with Gasteiger partial charge in [-0.15, -0.1) is 11.3 Å². The van der Waals surface area contributed by atoms with Crippen molar-refractivity contribution >= 4 is 39.3 Å². The van der Waals surface area contributed by atoms with Crippen LogP contribution in [0.15, 0.2) is 16.1 Å². The summed E-state index contributed by atoms with van der Waals surface area (Å²) in [5.74, 6) is -0.577. The largest absolute Gasteiger partial charge is 0.462 e. The van der Waals surface area contributed by atoms with E-state index in [9.17, 15) is 4.79 Å². The SMILES string of the molecule is CCOC(=O)C(C#N)=Cc1cc(Br)c(C)s1. The van der Waals surface area contributed by atoms with Gasteiger partial charge < -0.3 is 4.74 Å². The molecule has 5 heteroatoms.